The van der Waals surface area contributed by atoms with Crippen LogP contribution in [0.4, 0.5) is 13.2 Å². The maximum atomic E-state index is 13.6. The number of ketones is 2. The zero-order valence-corrected chi connectivity index (χ0v) is 22.9. The van der Waals surface area contributed by atoms with E-state index in [1.807, 2.05) is 13.2 Å². The van der Waals surface area contributed by atoms with E-state index in [1.54, 1.807) is 17.8 Å². The lowest BCUT2D eigenvalue weighted by Gasteiger charge is -2.54. The van der Waals surface area contributed by atoms with Crippen LogP contribution in [0.2, 0.25) is 0 Å². The topological polar surface area (TPSA) is 43.4 Å². The fourth-order valence-corrected chi connectivity index (χ4v) is 8.40. The second-order valence-electron chi connectivity index (χ2n) is 11.3. The van der Waals surface area contributed by atoms with Gasteiger partial charge in [-0.05, 0) is 96.9 Å². The predicted molar refractivity (Wildman–Crippen MR) is 142 cm³/mol. The molecule has 0 aromatic heterocycles. The molecule has 1 aromatic rings. The summed E-state index contributed by atoms with van der Waals surface area (Å²) < 4.78 is 45.4. The normalized spacial score (nSPS) is 32.5. The van der Waals surface area contributed by atoms with Gasteiger partial charge in [-0.25, -0.2) is 0 Å². The van der Waals surface area contributed by atoms with Crippen LogP contribution in [0.15, 0.2) is 52.0 Å². The van der Waals surface area contributed by atoms with Gasteiger partial charge in [0.15, 0.2) is 11.6 Å². The lowest BCUT2D eigenvalue weighted by molar-refractivity contribution is -0.136. The quantitative estimate of drug-likeness (QED) is 0.295. The molecule has 0 saturated heterocycles. The summed E-state index contributed by atoms with van der Waals surface area (Å²) in [5, 5.41) is 0. The third kappa shape index (κ3) is 4.48. The van der Waals surface area contributed by atoms with Gasteiger partial charge < -0.3 is 4.74 Å². The fourth-order valence-electron chi connectivity index (χ4n) is 7.99. The van der Waals surface area contributed by atoms with E-state index in [9.17, 15) is 22.8 Å². The number of thioether (sulfide) groups is 1. The molecule has 38 heavy (non-hydrogen) atoms. The van der Waals surface area contributed by atoms with Crippen molar-refractivity contribution >= 4 is 23.3 Å². The van der Waals surface area contributed by atoms with Crippen LogP contribution >= 0.6 is 11.8 Å². The van der Waals surface area contributed by atoms with E-state index in [-0.39, 0.29) is 35.9 Å². The first kappa shape index (κ1) is 27.3. The fraction of sp³-hybridized carbons (Fsp3) is 0.548. The maximum Gasteiger partial charge on any atom is 0.457 e. The molecule has 4 aliphatic rings. The molecule has 1 aromatic carbocycles. The van der Waals surface area contributed by atoms with Crippen LogP contribution in [0.1, 0.15) is 63.4 Å². The van der Waals surface area contributed by atoms with Gasteiger partial charge in [0, 0.05) is 30.3 Å². The van der Waals surface area contributed by atoms with Crippen molar-refractivity contribution in [3.05, 3.63) is 52.6 Å². The van der Waals surface area contributed by atoms with Crippen molar-refractivity contribution in [3.63, 3.8) is 0 Å². The number of carbonyl (C=O) groups is 2. The van der Waals surface area contributed by atoms with Crippen molar-refractivity contribution in [1.29, 1.82) is 0 Å². The average Bonchev–Trinajstić information content (AvgIpc) is 3.19. The van der Waals surface area contributed by atoms with Gasteiger partial charge in [-0.15, -0.1) is 11.8 Å². The van der Waals surface area contributed by atoms with Crippen LogP contribution < -0.4 is 0 Å². The first-order valence-corrected chi connectivity index (χ1v) is 14.5. The highest BCUT2D eigenvalue weighted by atomic mass is 32.2. The van der Waals surface area contributed by atoms with Gasteiger partial charge in [-0.3, -0.25) is 9.59 Å². The second kappa shape index (κ2) is 10.0. The molecule has 0 aliphatic heterocycles. The summed E-state index contributed by atoms with van der Waals surface area (Å²) in [5.74, 6) is 3.97. The van der Waals surface area contributed by atoms with Crippen molar-refractivity contribution in [2.75, 3.05) is 20.0 Å². The van der Waals surface area contributed by atoms with Gasteiger partial charge in [-0.2, -0.15) is 13.2 Å². The minimum atomic E-state index is -4.68. The van der Waals surface area contributed by atoms with E-state index in [4.69, 9.17) is 4.74 Å². The van der Waals surface area contributed by atoms with Crippen LogP contribution in [-0.2, 0) is 14.3 Å². The average molecular weight is 543 g/mol. The molecule has 7 heteroatoms. The van der Waals surface area contributed by atoms with Crippen LogP contribution in [0.3, 0.4) is 0 Å². The third-order valence-electron chi connectivity index (χ3n) is 9.62. The molecule has 4 aliphatic carbocycles. The molecule has 0 bridgehead atoms. The van der Waals surface area contributed by atoms with E-state index in [0.717, 1.165) is 28.9 Å². The minimum absolute atomic E-state index is 0.0363. The van der Waals surface area contributed by atoms with Gasteiger partial charge in [0.1, 0.15) is 6.61 Å². The highest BCUT2D eigenvalue weighted by Crippen LogP contribution is 2.69. The van der Waals surface area contributed by atoms with Crippen molar-refractivity contribution in [3.8, 4) is 11.8 Å². The number of hydrogen-bond donors (Lipinski definition) is 0. The van der Waals surface area contributed by atoms with Crippen LogP contribution in [-0.4, -0.2) is 37.7 Å². The van der Waals surface area contributed by atoms with Crippen molar-refractivity contribution in [1.82, 2.24) is 0 Å². The Labute approximate surface area is 226 Å². The molecule has 0 spiro atoms. The standard InChI is InChI=1S/C31H33F3O3S/c1-29-17-25(19-4-8-22(38-3)9-5-19)28-23-11-7-21(35)16-20(23)6-10-24(28)26(29)12-13-30(29,27(36)18-37-2)14-15-31(32,33)34/h4-5,8-9,16,24-26H,6-7,10-13,17-18H2,1-3H3/t24-,25+,26-,29-,30-/m0/s1. The largest absolute Gasteiger partial charge is 0.457 e. The molecular formula is C31H33F3O3S. The minimum Gasteiger partial charge on any atom is -0.377 e. The van der Waals surface area contributed by atoms with E-state index in [0.29, 0.717) is 32.1 Å². The number of alkyl halides is 3. The maximum absolute atomic E-state index is 13.6. The first-order chi connectivity index (χ1) is 18.0. The Morgan fingerprint density at radius 1 is 1.16 bits per heavy atom. The number of allylic oxidation sites excluding steroid dienone is 4. The Morgan fingerprint density at radius 2 is 1.89 bits per heavy atom. The van der Waals surface area contributed by atoms with E-state index in [2.05, 4.69) is 30.2 Å². The van der Waals surface area contributed by atoms with E-state index >= 15 is 0 Å². The molecule has 2 fully saturated rings. The number of halogens is 3. The molecule has 3 nitrogen and oxygen atoms in total. The van der Waals surface area contributed by atoms with Gasteiger partial charge in [0.2, 0.25) is 0 Å². The first-order valence-electron chi connectivity index (χ1n) is 13.3. The lowest BCUT2D eigenvalue weighted by atomic mass is 9.48. The summed E-state index contributed by atoms with van der Waals surface area (Å²) in [6, 6.07) is 8.40. The molecule has 5 atom stereocenters. The summed E-state index contributed by atoms with van der Waals surface area (Å²) in [7, 11) is 1.40. The SMILES string of the molecule is COCC(=O)[C@@]1(C#CC(F)(F)F)CC[C@H]2[C@@H]3CCC4=CC(=O)CCC4=C3[C@@H](c3ccc(SC)cc3)C[C@@]21C. The number of rotatable bonds is 5. The molecule has 2 saturated carbocycles. The smallest absolute Gasteiger partial charge is 0.377 e. The molecule has 0 radical (unpaired) electrons. The van der Waals surface area contributed by atoms with Gasteiger partial charge >= 0.3 is 6.18 Å². The Bertz CT molecular complexity index is 1270. The number of methoxy groups -OCH3 is 1. The van der Waals surface area contributed by atoms with Gasteiger partial charge in [0.05, 0.1) is 5.41 Å². The Balaban J connectivity index is 1.70. The molecule has 0 amide bonds. The lowest BCUT2D eigenvalue weighted by Crippen LogP contribution is -2.51. The highest BCUT2D eigenvalue weighted by Gasteiger charge is 2.65. The molecule has 0 unspecified atom stereocenters. The number of ether oxygens (including phenoxy) is 1. The van der Waals surface area contributed by atoms with Gasteiger partial charge in [-0.1, -0.05) is 30.6 Å². The zero-order chi connectivity index (χ0) is 27.3. The number of Topliss-reactive ketones (excluding diaryl/α,β-unsaturated/α-hetero) is 1. The number of fused-ring (bicyclic) bond motifs is 4. The molecule has 0 N–H and O–H groups in total. The summed E-state index contributed by atoms with van der Waals surface area (Å²) in [6.07, 6.45) is 3.45. The number of benzene rings is 1. The van der Waals surface area contributed by atoms with Crippen molar-refractivity contribution in [2.45, 2.75) is 68.9 Å². The Morgan fingerprint density at radius 3 is 2.55 bits per heavy atom. The molecule has 202 valence electrons. The number of carbonyl (C=O) groups excluding carboxylic acids is 2. The molecule has 0 heterocycles. The third-order valence-corrected chi connectivity index (χ3v) is 10.4. The summed E-state index contributed by atoms with van der Waals surface area (Å²) in [5.41, 5.74) is 2.67. The summed E-state index contributed by atoms with van der Waals surface area (Å²) >= 11 is 1.66. The van der Waals surface area contributed by atoms with Crippen molar-refractivity contribution in [2.24, 2.45) is 22.7 Å². The highest BCUT2D eigenvalue weighted by molar-refractivity contribution is 7.98. The van der Waals surface area contributed by atoms with Gasteiger partial charge in [0.25, 0.3) is 0 Å². The molecule has 5 rings (SSSR count). The van der Waals surface area contributed by atoms with Crippen LogP contribution in [0.5, 0.6) is 0 Å². The second-order valence-corrected chi connectivity index (χ2v) is 12.2. The zero-order valence-electron chi connectivity index (χ0n) is 22.0. The number of hydrogen-bond acceptors (Lipinski definition) is 4. The summed E-state index contributed by atoms with van der Waals surface area (Å²) in [4.78, 5) is 27.0. The van der Waals surface area contributed by atoms with Crippen LogP contribution in [0.25, 0.3) is 0 Å². The molecular weight excluding hydrogens is 509 g/mol. The monoisotopic (exact) mass is 542 g/mol. The Hall–Kier alpha value is -2.30. The van der Waals surface area contributed by atoms with Crippen LogP contribution in [0, 0.1) is 34.5 Å². The summed E-state index contributed by atoms with van der Waals surface area (Å²) in [6.45, 7) is 1.75. The van der Waals surface area contributed by atoms with E-state index < -0.39 is 17.0 Å². The predicted octanol–water partition coefficient (Wildman–Crippen LogP) is 7.08. The Kier molecular flexibility index (Phi) is 7.19. The van der Waals surface area contributed by atoms with E-state index in [1.165, 1.54) is 24.2 Å². The van der Waals surface area contributed by atoms with Crippen molar-refractivity contribution < 1.29 is 27.5 Å².